The van der Waals surface area contributed by atoms with Gasteiger partial charge >= 0.3 is 0 Å². The van der Waals surface area contributed by atoms with Gasteiger partial charge in [0, 0.05) is 5.02 Å². The maximum Gasteiger partial charge on any atom is 0.264 e. The minimum absolute atomic E-state index is 0.136. The third-order valence-electron chi connectivity index (χ3n) is 2.95. The van der Waals surface area contributed by atoms with E-state index in [1.807, 2.05) is 6.07 Å². The number of amides is 1. The van der Waals surface area contributed by atoms with Crippen LogP contribution in [-0.2, 0) is 4.79 Å². The highest BCUT2D eigenvalue weighted by atomic mass is 35.5. The number of carbonyl (C=O) groups excluding carboxylic acids is 1. The number of thiazole rings is 1. The van der Waals surface area contributed by atoms with Crippen LogP contribution in [-0.4, -0.2) is 17.5 Å². The summed E-state index contributed by atoms with van der Waals surface area (Å²) in [6.45, 7) is -0.136. The number of hydrogen-bond acceptors (Lipinski definition) is 5. The van der Waals surface area contributed by atoms with Crippen LogP contribution in [0.15, 0.2) is 42.5 Å². The number of rotatable bonds is 4. The number of nitrogens with one attached hydrogen (secondary N) is 1. The molecule has 0 atom stereocenters. The van der Waals surface area contributed by atoms with Crippen molar-refractivity contribution in [2.24, 2.45) is 0 Å². The van der Waals surface area contributed by atoms with Crippen molar-refractivity contribution in [3.63, 3.8) is 0 Å². The number of aromatic nitrogens is 1. The molecule has 0 saturated heterocycles. The summed E-state index contributed by atoms with van der Waals surface area (Å²) < 4.78 is 6.27. The number of nitrogens with zero attached hydrogens (tertiary/aromatic N) is 2. The first kappa shape index (κ1) is 15.3. The molecule has 0 spiro atoms. The standard InChI is InChI=1S/C16H10ClN3O2S/c17-11-3-6-13-14(7-11)23-16(19-13)20-15(21)9-22-12-4-1-10(8-18)2-5-12/h1-7H,9H2,(H,19,20,21). The number of hydrogen-bond donors (Lipinski definition) is 1. The van der Waals surface area contributed by atoms with E-state index in [1.54, 1.807) is 42.5 Å². The molecular formula is C16H10ClN3O2S. The Balaban J connectivity index is 1.60. The fourth-order valence-electron chi connectivity index (χ4n) is 1.88. The molecule has 2 aromatic carbocycles. The Morgan fingerprint density at radius 1 is 1.30 bits per heavy atom. The summed E-state index contributed by atoms with van der Waals surface area (Å²) in [7, 11) is 0. The molecule has 1 amide bonds. The van der Waals surface area contributed by atoms with E-state index in [0.29, 0.717) is 21.5 Å². The molecular weight excluding hydrogens is 334 g/mol. The number of halogens is 1. The predicted molar refractivity (Wildman–Crippen MR) is 89.9 cm³/mol. The van der Waals surface area contributed by atoms with E-state index in [1.165, 1.54) is 11.3 Å². The van der Waals surface area contributed by atoms with Crippen molar-refractivity contribution >= 4 is 44.2 Å². The summed E-state index contributed by atoms with van der Waals surface area (Å²) in [6, 6.07) is 13.9. The molecule has 0 unspecified atom stereocenters. The zero-order valence-electron chi connectivity index (χ0n) is 11.7. The number of anilines is 1. The molecule has 0 aliphatic heterocycles. The monoisotopic (exact) mass is 343 g/mol. The quantitative estimate of drug-likeness (QED) is 0.781. The third-order valence-corrected chi connectivity index (χ3v) is 4.12. The second kappa shape index (κ2) is 6.65. The molecule has 5 nitrogen and oxygen atoms in total. The van der Waals surface area contributed by atoms with E-state index in [0.717, 1.165) is 10.2 Å². The van der Waals surface area contributed by atoms with E-state index >= 15 is 0 Å². The van der Waals surface area contributed by atoms with Crippen LogP contribution in [0.25, 0.3) is 10.2 Å². The number of ether oxygens (including phenoxy) is 1. The molecule has 0 radical (unpaired) electrons. The lowest BCUT2D eigenvalue weighted by molar-refractivity contribution is -0.118. The van der Waals surface area contributed by atoms with Crippen molar-refractivity contribution < 1.29 is 9.53 Å². The summed E-state index contributed by atoms with van der Waals surface area (Å²) in [4.78, 5) is 16.2. The lowest BCUT2D eigenvalue weighted by atomic mass is 10.2. The highest BCUT2D eigenvalue weighted by Crippen LogP contribution is 2.28. The van der Waals surface area contributed by atoms with Crippen LogP contribution in [0.3, 0.4) is 0 Å². The molecule has 3 aromatic rings. The molecule has 0 fully saturated rings. The fourth-order valence-corrected chi connectivity index (χ4v) is 3.04. The van der Waals surface area contributed by atoms with Gasteiger partial charge in [0.25, 0.3) is 5.91 Å². The minimum Gasteiger partial charge on any atom is -0.484 e. The van der Waals surface area contributed by atoms with Gasteiger partial charge in [0.05, 0.1) is 21.8 Å². The van der Waals surface area contributed by atoms with Gasteiger partial charge in [-0.05, 0) is 42.5 Å². The second-order valence-electron chi connectivity index (χ2n) is 4.60. The topological polar surface area (TPSA) is 75.0 Å². The molecule has 1 heterocycles. The number of benzene rings is 2. The normalized spacial score (nSPS) is 10.3. The number of carbonyl (C=O) groups is 1. The van der Waals surface area contributed by atoms with E-state index < -0.39 is 0 Å². The summed E-state index contributed by atoms with van der Waals surface area (Å²) >= 11 is 7.27. The summed E-state index contributed by atoms with van der Waals surface area (Å²) in [5.74, 6) is 0.217. The highest BCUT2D eigenvalue weighted by Gasteiger charge is 2.09. The van der Waals surface area contributed by atoms with Crippen LogP contribution in [0.2, 0.25) is 5.02 Å². The van der Waals surface area contributed by atoms with Gasteiger partial charge < -0.3 is 4.74 Å². The maximum atomic E-state index is 11.9. The van der Waals surface area contributed by atoms with E-state index in [-0.39, 0.29) is 12.5 Å². The van der Waals surface area contributed by atoms with Crippen molar-refractivity contribution in [2.45, 2.75) is 0 Å². The smallest absolute Gasteiger partial charge is 0.264 e. The Hall–Kier alpha value is -2.62. The van der Waals surface area contributed by atoms with Crippen LogP contribution in [0.1, 0.15) is 5.56 Å². The first-order chi connectivity index (χ1) is 11.1. The van der Waals surface area contributed by atoms with Crippen molar-refractivity contribution in [2.75, 3.05) is 11.9 Å². The van der Waals surface area contributed by atoms with Crippen LogP contribution in [0.4, 0.5) is 5.13 Å². The summed E-state index contributed by atoms with van der Waals surface area (Å²) in [6.07, 6.45) is 0. The first-order valence-corrected chi connectivity index (χ1v) is 7.82. The Morgan fingerprint density at radius 2 is 2.09 bits per heavy atom. The van der Waals surface area contributed by atoms with E-state index in [2.05, 4.69) is 10.3 Å². The van der Waals surface area contributed by atoms with E-state index in [4.69, 9.17) is 21.6 Å². The molecule has 0 bridgehead atoms. The Bertz CT molecular complexity index is 900. The average molecular weight is 344 g/mol. The minimum atomic E-state index is -0.306. The van der Waals surface area contributed by atoms with Gasteiger partial charge in [0.1, 0.15) is 5.75 Å². The Morgan fingerprint density at radius 3 is 2.83 bits per heavy atom. The Kier molecular flexibility index (Phi) is 4.42. The van der Waals surface area contributed by atoms with Gasteiger partial charge in [-0.3, -0.25) is 10.1 Å². The molecule has 7 heteroatoms. The molecule has 23 heavy (non-hydrogen) atoms. The van der Waals surface area contributed by atoms with Gasteiger partial charge in [-0.2, -0.15) is 5.26 Å². The van der Waals surface area contributed by atoms with Crippen molar-refractivity contribution in [1.82, 2.24) is 4.98 Å². The molecule has 0 aliphatic rings. The summed E-state index contributed by atoms with van der Waals surface area (Å²) in [5, 5.41) is 12.5. The number of fused-ring (bicyclic) bond motifs is 1. The van der Waals surface area contributed by atoms with Gasteiger partial charge in [0.15, 0.2) is 11.7 Å². The zero-order chi connectivity index (χ0) is 16.2. The highest BCUT2D eigenvalue weighted by molar-refractivity contribution is 7.22. The SMILES string of the molecule is N#Cc1ccc(OCC(=O)Nc2nc3ccc(Cl)cc3s2)cc1. The third kappa shape index (κ3) is 3.77. The number of nitriles is 1. The van der Waals surface area contributed by atoms with Crippen LogP contribution >= 0.6 is 22.9 Å². The van der Waals surface area contributed by atoms with Gasteiger partial charge in [-0.25, -0.2) is 4.98 Å². The Labute approximate surface area is 141 Å². The second-order valence-corrected chi connectivity index (χ2v) is 6.07. The molecule has 0 saturated carbocycles. The average Bonchev–Trinajstić information content (AvgIpc) is 2.94. The molecule has 1 N–H and O–H groups in total. The first-order valence-electron chi connectivity index (χ1n) is 6.63. The van der Waals surface area contributed by atoms with Gasteiger partial charge in [-0.1, -0.05) is 22.9 Å². The van der Waals surface area contributed by atoms with Crippen LogP contribution in [0.5, 0.6) is 5.75 Å². The predicted octanol–water partition coefficient (Wildman–Crippen LogP) is 3.84. The molecule has 0 aliphatic carbocycles. The molecule has 114 valence electrons. The zero-order valence-corrected chi connectivity index (χ0v) is 13.3. The lowest BCUT2D eigenvalue weighted by Gasteiger charge is -2.05. The fraction of sp³-hybridized carbons (Fsp3) is 0.0625. The maximum absolute atomic E-state index is 11.9. The molecule has 3 rings (SSSR count). The molecule has 1 aromatic heterocycles. The van der Waals surface area contributed by atoms with E-state index in [9.17, 15) is 4.79 Å². The lowest BCUT2D eigenvalue weighted by Crippen LogP contribution is -2.19. The summed E-state index contributed by atoms with van der Waals surface area (Å²) in [5.41, 5.74) is 1.32. The van der Waals surface area contributed by atoms with Gasteiger partial charge in [-0.15, -0.1) is 0 Å². The van der Waals surface area contributed by atoms with Gasteiger partial charge in [0.2, 0.25) is 0 Å². The largest absolute Gasteiger partial charge is 0.484 e. The van der Waals surface area contributed by atoms with Crippen LogP contribution in [0, 0.1) is 11.3 Å². The van der Waals surface area contributed by atoms with Crippen molar-refractivity contribution in [1.29, 1.82) is 5.26 Å². The van der Waals surface area contributed by atoms with Crippen molar-refractivity contribution in [3.05, 3.63) is 53.1 Å². The van der Waals surface area contributed by atoms with Crippen molar-refractivity contribution in [3.8, 4) is 11.8 Å². The van der Waals surface area contributed by atoms with Crippen LogP contribution < -0.4 is 10.1 Å².